The van der Waals surface area contributed by atoms with Crippen LogP contribution in [0.2, 0.25) is 0 Å². The van der Waals surface area contributed by atoms with Crippen LogP contribution in [0.25, 0.3) is 0 Å². The third kappa shape index (κ3) is 32.5. The minimum atomic E-state index is -1.38. The zero-order valence-corrected chi connectivity index (χ0v) is 31.5. The van der Waals surface area contributed by atoms with Gasteiger partial charge in [0.25, 0.3) is 0 Å². The summed E-state index contributed by atoms with van der Waals surface area (Å²) in [7, 11) is 0. The Bertz CT molecular complexity index is 848. The predicted octanol–water partition coefficient (Wildman–Crippen LogP) is 9.09. The first-order chi connectivity index (χ1) is 23.8. The molecule has 0 aliphatic heterocycles. The standard InChI is InChI=1S/C40H74N2O7/c1-3-5-7-9-11-13-14-15-16-17-18-21-25-29-35(49-39(46)32-28-24-19-12-10-8-6-4-2)30-26-22-20-23-27-31-37(44)41-33-38(45)42-36(34-43)40(47)48/h17-18,35-36,43H,3-16,19-34H2,1-2H3,(H,41,44)(H,42,45)(H,47,48)/b18-17-. The molecule has 0 rings (SSSR count). The molecule has 49 heavy (non-hydrogen) atoms. The topological polar surface area (TPSA) is 142 Å². The van der Waals surface area contributed by atoms with Crippen LogP contribution in [0.1, 0.15) is 194 Å². The molecule has 0 aromatic carbocycles. The van der Waals surface area contributed by atoms with Gasteiger partial charge in [0.1, 0.15) is 12.1 Å². The molecule has 0 bridgehead atoms. The molecule has 4 N–H and O–H groups in total. The van der Waals surface area contributed by atoms with E-state index < -0.39 is 24.5 Å². The van der Waals surface area contributed by atoms with Crippen LogP contribution in [0, 0.1) is 0 Å². The lowest BCUT2D eigenvalue weighted by molar-refractivity contribution is -0.150. The average molecular weight is 695 g/mol. The molecule has 286 valence electrons. The molecule has 0 radical (unpaired) electrons. The van der Waals surface area contributed by atoms with Gasteiger partial charge in [-0.25, -0.2) is 4.79 Å². The lowest BCUT2D eigenvalue weighted by Crippen LogP contribution is -2.47. The van der Waals surface area contributed by atoms with Gasteiger partial charge in [0.05, 0.1) is 13.2 Å². The fourth-order valence-electron chi connectivity index (χ4n) is 5.89. The van der Waals surface area contributed by atoms with Crippen molar-refractivity contribution in [2.75, 3.05) is 13.2 Å². The van der Waals surface area contributed by atoms with E-state index >= 15 is 0 Å². The van der Waals surface area contributed by atoms with E-state index in [0.29, 0.717) is 19.3 Å². The van der Waals surface area contributed by atoms with Crippen LogP contribution in [0.15, 0.2) is 12.2 Å². The lowest BCUT2D eigenvalue weighted by Gasteiger charge is -2.18. The van der Waals surface area contributed by atoms with Gasteiger partial charge in [-0.05, 0) is 57.8 Å². The number of unbranched alkanes of at least 4 members (excludes halogenated alkanes) is 20. The summed E-state index contributed by atoms with van der Waals surface area (Å²) in [5, 5.41) is 22.5. The fraction of sp³-hybridized carbons (Fsp3) is 0.850. The number of esters is 1. The highest BCUT2D eigenvalue weighted by Crippen LogP contribution is 2.18. The smallest absolute Gasteiger partial charge is 0.328 e. The van der Waals surface area contributed by atoms with Gasteiger partial charge in [-0.3, -0.25) is 14.4 Å². The van der Waals surface area contributed by atoms with Gasteiger partial charge in [0.15, 0.2) is 0 Å². The van der Waals surface area contributed by atoms with E-state index in [2.05, 4.69) is 36.6 Å². The normalized spacial score (nSPS) is 12.6. The van der Waals surface area contributed by atoms with Crippen LogP contribution in [-0.4, -0.2) is 59.3 Å². The summed E-state index contributed by atoms with van der Waals surface area (Å²) in [6.07, 6.45) is 35.3. The maximum absolute atomic E-state index is 12.7. The number of carbonyl (C=O) groups is 4. The Balaban J connectivity index is 4.31. The summed E-state index contributed by atoms with van der Waals surface area (Å²) in [6, 6.07) is -1.38. The van der Waals surface area contributed by atoms with Crippen LogP contribution < -0.4 is 10.6 Å². The number of rotatable bonds is 36. The zero-order valence-electron chi connectivity index (χ0n) is 31.5. The molecule has 0 heterocycles. The predicted molar refractivity (Wildman–Crippen MR) is 199 cm³/mol. The van der Waals surface area contributed by atoms with Gasteiger partial charge in [0, 0.05) is 12.8 Å². The molecule has 2 amide bonds. The van der Waals surface area contributed by atoms with Crippen molar-refractivity contribution in [1.82, 2.24) is 10.6 Å². The van der Waals surface area contributed by atoms with Gasteiger partial charge in [-0.1, -0.05) is 135 Å². The average Bonchev–Trinajstić information content (AvgIpc) is 3.08. The van der Waals surface area contributed by atoms with Crippen LogP contribution in [0.4, 0.5) is 0 Å². The maximum Gasteiger partial charge on any atom is 0.328 e. The highest BCUT2D eigenvalue weighted by Gasteiger charge is 2.19. The molecular formula is C40H74N2O7. The second kappa shape index (κ2) is 35.4. The van der Waals surface area contributed by atoms with Crippen LogP contribution >= 0.6 is 0 Å². The highest BCUT2D eigenvalue weighted by atomic mass is 16.5. The molecule has 9 heteroatoms. The largest absolute Gasteiger partial charge is 0.480 e. The van der Waals surface area contributed by atoms with E-state index in [9.17, 15) is 19.2 Å². The van der Waals surface area contributed by atoms with Crippen molar-refractivity contribution in [3.8, 4) is 0 Å². The van der Waals surface area contributed by atoms with Gasteiger partial charge < -0.3 is 25.6 Å². The van der Waals surface area contributed by atoms with Crippen molar-refractivity contribution in [3.05, 3.63) is 12.2 Å². The second-order valence-electron chi connectivity index (χ2n) is 13.7. The molecule has 0 spiro atoms. The number of amides is 2. The number of hydrogen-bond donors (Lipinski definition) is 4. The zero-order chi connectivity index (χ0) is 36.2. The summed E-state index contributed by atoms with van der Waals surface area (Å²) in [6.45, 7) is 3.45. The van der Waals surface area contributed by atoms with Crippen LogP contribution in [0.3, 0.4) is 0 Å². The summed E-state index contributed by atoms with van der Waals surface area (Å²) >= 11 is 0. The van der Waals surface area contributed by atoms with E-state index in [0.717, 1.165) is 70.6 Å². The molecule has 0 fully saturated rings. The summed E-state index contributed by atoms with van der Waals surface area (Å²) in [5.74, 6) is -2.31. The molecule has 2 atom stereocenters. The fourth-order valence-corrected chi connectivity index (χ4v) is 5.89. The van der Waals surface area contributed by atoms with Crippen LogP contribution in [0.5, 0.6) is 0 Å². The summed E-state index contributed by atoms with van der Waals surface area (Å²) in [5.41, 5.74) is 0. The Morgan fingerprint density at radius 2 is 1.06 bits per heavy atom. The number of carbonyl (C=O) groups excluding carboxylic acids is 3. The summed E-state index contributed by atoms with van der Waals surface area (Å²) in [4.78, 5) is 47.3. The minimum absolute atomic E-state index is 0.0360. The Morgan fingerprint density at radius 3 is 1.61 bits per heavy atom. The van der Waals surface area contributed by atoms with E-state index in [1.807, 2.05) is 0 Å². The third-order valence-electron chi connectivity index (χ3n) is 9.01. The lowest BCUT2D eigenvalue weighted by atomic mass is 10.0. The first-order valence-electron chi connectivity index (χ1n) is 20.1. The quantitative estimate of drug-likeness (QED) is 0.0291. The monoisotopic (exact) mass is 695 g/mol. The third-order valence-corrected chi connectivity index (χ3v) is 9.01. The number of allylic oxidation sites excluding steroid dienone is 2. The van der Waals surface area contributed by atoms with Gasteiger partial charge >= 0.3 is 11.9 Å². The van der Waals surface area contributed by atoms with Crippen molar-refractivity contribution >= 4 is 23.8 Å². The number of ether oxygens (including phenoxy) is 1. The first-order valence-corrected chi connectivity index (χ1v) is 20.1. The molecule has 0 saturated carbocycles. The number of aliphatic hydroxyl groups excluding tert-OH is 1. The number of hydrogen-bond acceptors (Lipinski definition) is 6. The number of nitrogens with one attached hydrogen (secondary N) is 2. The molecule has 0 aromatic heterocycles. The number of aliphatic carboxylic acids is 1. The highest BCUT2D eigenvalue weighted by molar-refractivity contribution is 5.87. The van der Waals surface area contributed by atoms with Gasteiger partial charge in [-0.15, -0.1) is 0 Å². The Hall–Kier alpha value is -2.42. The molecule has 0 saturated heterocycles. The number of carboxylic acid groups (broad SMARTS) is 1. The van der Waals surface area contributed by atoms with Gasteiger partial charge in [0.2, 0.25) is 11.8 Å². The van der Waals surface area contributed by atoms with E-state index in [1.54, 1.807) is 0 Å². The molecular weight excluding hydrogens is 620 g/mol. The number of aliphatic hydroxyl groups is 1. The Labute approximate surface area is 299 Å². The van der Waals surface area contributed by atoms with E-state index in [4.69, 9.17) is 14.9 Å². The van der Waals surface area contributed by atoms with Crippen molar-refractivity contribution in [1.29, 1.82) is 0 Å². The Morgan fingerprint density at radius 1 is 0.592 bits per heavy atom. The summed E-state index contributed by atoms with van der Waals surface area (Å²) < 4.78 is 5.97. The van der Waals surface area contributed by atoms with Gasteiger partial charge in [-0.2, -0.15) is 0 Å². The Kier molecular flexibility index (Phi) is 33.7. The van der Waals surface area contributed by atoms with Crippen molar-refractivity contribution in [3.63, 3.8) is 0 Å². The second-order valence-corrected chi connectivity index (χ2v) is 13.7. The molecule has 0 aliphatic carbocycles. The molecule has 0 aliphatic rings. The van der Waals surface area contributed by atoms with Crippen molar-refractivity contribution in [2.24, 2.45) is 0 Å². The van der Waals surface area contributed by atoms with Crippen molar-refractivity contribution in [2.45, 2.75) is 206 Å². The van der Waals surface area contributed by atoms with E-state index in [1.165, 1.54) is 89.9 Å². The van der Waals surface area contributed by atoms with E-state index in [-0.39, 0.29) is 24.5 Å². The number of carboxylic acids is 1. The first kappa shape index (κ1) is 46.6. The van der Waals surface area contributed by atoms with Crippen LogP contribution in [-0.2, 0) is 23.9 Å². The molecule has 9 nitrogen and oxygen atoms in total. The molecule has 2 unspecified atom stereocenters. The maximum atomic E-state index is 12.7. The SMILES string of the molecule is CCCCCCCCCC/C=C\CCCC(CCCCCCCC(=O)NCC(=O)NC(CO)C(=O)O)OC(=O)CCCCCCCCCC. The van der Waals surface area contributed by atoms with Crippen molar-refractivity contribution < 1.29 is 34.1 Å². The molecule has 0 aromatic rings. The minimum Gasteiger partial charge on any atom is -0.480 e.